The Hall–Kier alpha value is -3.16. The summed E-state index contributed by atoms with van der Waals surface area (Å²) in [4.78, 5) is 21.1. The Morgan fingerprint density at radius 2 is 1.68 bits per heavy atom. The van der Waals surface area contributed by atoms with Gasteiger partial charge in [-0.3, -0.25) is 9.69 Å². The maximum absolute atomic E-state index is 12.7. The van der Waals surface area contributed by atoms with Gasteiger partial charge < -0.3 is 18.8 Å². The number of ether oxygens (including phenoxy) is 2. The summed E-state index contributed by atoms with van der Waals surface area (Å²) in [7, 11) is 1.66. The van der Waals surface area contributed by atoms with Crippen molar-refractivity contribution in [2.45, 2.75) is 19.6 Å². The van der Waals surface area contributed by atoms with Gasteiger partial charge in [-0.05, 0) is 23.3 Å². The van der Waals surface area contributed by atoms with E-state index in [4.69, 9.17) is 13.9 Å². The molecule has 0 N–H and O–H groups in total. The molecule has 31 heavy (non-hydrogen) atoms. The van der Waals surface area contributed by atoms with Crippen LogP contribution >= 0.6 is 0 Å². The van der Waals surface area contributed by atoms with Crippen LogP contribution in [0.25, 0.3) is 0 Å². The lowest BCUT2D eigenvalue weighted by atomic mass is 10.1. The summed E-state index contributed by atoms with van der Waals surface area (Å²) in [6, 6.07) is 18.3. The third kappa shape index (κ3) is 5.71. The van der Waals surface area contributed by atoms with Crippen molar-refractivity contribution in [3.8, 4) is 5.75 Å². The molecule has 1 saturated heterocycles. The Balaban J connectivity index is 1.47. The Bertz CT molecular complexity index is 966. The summed E-state index contributed by atoms with van der Waals surface area (Å²) >= 11 is 0. The van der Waals surface area contributed by atoms with E-state index in [1.165, 1.54) is 11.8 Å². The molecule has 4 rings (SSSR count). The minimum absolute atomic E-state index is 0.108. The third-order valence-corrected chi connectivity index (χ3v) is 5.24. The molecule has 0 saturated carbocycles. The quantitative estimate of drug-likeness (QED) is 0.556. The predicted molar refractivity (Wildman–Crippen MR) is 116 cm³/mol. The van der Waals surface area contributed by atoms with Crippen LogP contribution in [0.1, 0.15) is 27.5 Å². The first kappa shape index (κ1) is 21.1. The number of oxazole rings is 1. The molecule has 0 radical (unpaired) electrons. The van der Waals surface area contributed by atoms with Gasteiger partial charge in [0.25, 0.3) is 5.91 Å². The van der Waals surface area contributed by atoms with Crippen molar-refractivity contribution in [3.05, 3.63) is 83.6 Å². The van der Waals surface area contributed by atoms with E-state index in [2.05, 4.69) is 34.1 Å². The maximum Gasteiger partial charge on any atom is 0.275 e. The first-order chi connectivity index (χ1) is 15.2. The summed E-state index contributed by atoms with van der Waals surface area (Å²) in [6.45, 7) is 4.23. The van der Waals surface area contributed by atoms with Crippen LogP contribution in [0.5, 0.6) is 5.75 Å². The van der Waals surface area contributed by atoms with E-state index in [9.17, 15) is 4.79 Å². The molecule has 1 aromatic heterocycles. The second-order valence-electron chi connectivity index (χ2n) is 7.51. The van der Waals surface area contributed by atoms with E-state index >= 15 is 0 Å². The number of carbonyl (C=O) groups excluding carboxylic acids is 1. The van der Waals surface area contributed by atoms with Crippen molar-refractivity contribution in [2.24, 2.45) is 0 Å². The molecule has 1 aliphatic heterocycles. The molecule has 0 bridgehead atoms. The highest BCUT2D eigenvalue weighted by atomic mass is 16.5. The van der Waals surface area contributed by atoms with E-state index in [-0.39, 0.29) is 5.91 Å². The second kappa shape index (κ2) is 10.2. The summed E-state index contributed by atoms with van der Waals surface area (Å²) in [5.41, 5.74) is 2.71. The van der Waals surface area contributed by atoms with Crippen molar-refractivity contribution >= 4 is 5.91 Å². The number of morpholine rings is 1. The maximum atomic E-state index is 12.7. The van der Waals surface area contributed by atoms with Crippen LogP contribution in [-0.2, 0) is 24.4 Å². The van der Waals surface area contributed by atoms with E-state index in [1.54, 1.807) is 12.0 Å². The monoisotopic (exact) mass is 421 g/mol. The number of carbonyl (C=O) groups is 1. The molecule has 0 unspecified atom stereocenters. The minimum Gasteiger partial charge on any atom is -0.497 e. The van der Waals surface area contributed by atoms with E-state index in [1.807, 2.05) is 30.3 Å². The molecule has 0 spiro atoms. The average molecular weight is 421 g/mol. The number of benzene rings is 2. The Morgan fingerprint density at radius 3 is 2.35 bits per heavy atom. The number of methoxy groups -OCH3 is 1. The highest BCUT2D eigenvalue weighted by Gasteiger charge is 2.22. The number of amides is 1. The SMILES string of the molecule is COc1ccc(CN(Cc2ccccc2)Cc2nc(C(=O)N3CCOCC3)co2)cc1. The zero-order chi connectivity index (χ0) is 21.5. The Morgan fingerprint density at radius 1 is 1.00 bits per heavy atom. The van der Waals surface area contributed by atoms with Crippen LogP contribution in [-0.4, -0.2) is 54.1 Å². The predicted octanol–water partition coefficient (Wildman–Crippen LogP) is 3.36. The third-order valence-electron chi connectivity index (χ3n) is 5.24. The standard InChI is InChI=1S/C24H27N3O4/c1-29-21-9-7-20(8-10-21)16-26(15-19-5-3-2-4-6-19)17-23-25-22(18-31-23)24(28)27-11-13-30-14-12-27/h2-10,18H,11-17H2,1H3. The van der Waals surface area contributed by atoms with Crippen molar-refractivity contribution < 1.29 is 18.7 Å². The second-order valence-corrected chi connectivity index (χ2v) is 7.51. The summed E-state index contributed by atoms with van der Waals surface area (Å²) < 4.78 is 16.2. The molecule has 7 heteroatoms. The number of aromatic nitrogens is 1. The zero-order valence-corrected chi connectivity index (χ0v) is 17.7. The molecule has 0 atom stereocenters. The van der Waals surface area contributed by atoms with Gasteiger partial charge in [0, 0.05) is 26.2 Å². The van der Waals surface area contributed by atoms with E-state index in [0.29, 0.717) is 51.0 Å². The smallest absolute Gasteiger partial charge is 0.275 e. The fraction of sp³-hybridized carbons (Fsp3) is 0.333. The lowest BCUT2D eigenvalue weighted by Gasteiger charge is -2.25. The van der Waals surface area contributed by atoms with E-state index < -0.39 is 0 Å². The van der Waals surface area contributed by atoms with Gasteiger partial charge in [-0.15, -0.1) is 0 Å². The van der Waals surface area contributed by atoms with Crippen LogP contribution < -0.4 is 4.74 Å². The number of rotatable bonds is 8. The molecule has 1 amide bonds. The molecule has 3 aromatic rings. The van der Waals surface area contributed by atoms with Crippen molar-refractivity contribution in [2.75, 3.05) is 33.4 Å². The van der Waals surface area contributed by atoms with Crippen molar-refractivity contribution in [1.29, 1.82) is 0 Å². The zero-order valence-electron chi connectivity index (χ0n) is 17.7. The Kier molecular flexibility index (Phi) is 6.96. The molecule has 1 fully saturated rings. The molecule has 162 valence electrons. The molecular formula is C24H27N3O4. The van der Waals surface area contributed by atoms with Gasteiger partial charge in [0.2, 0.25) is 5.89 Å². The Labute approximate surface area is 182 Å². The first-order valence-corrected chi connectivity index (χ1v) is 10.4. The average Bonchev–Trinajstić information content (AvgIpc) is 3.29. The molecule has 0 aliphatic carbocycles. The van der Waals surface area contributed by atoms with E-state index in [0.717, 1.165) is 17.9 Å². The highest BCUT2D eigenvalue weighted by molar-refractivity contribution is 5.92. The summed E-state index contributed by atoms with van der Waals surface area (Å²) in [5, 5.41) is 0. The fourth-order valence-electron chi connectivity index (χ4n) is 3.60. The van der Waals surface area contributed by atoms with Crippen molar-refractivity contribution in [1.82, 2.24) is 14.8 Å². The van der Waals surface area contributed by atoms with Crippen LogP contribution in [0.2, 0.25) is 0 Å². The number of hydrogen-bond acceptors (Lipinski definition) is 6. The van der Waals surface area contributed by atoms with Crippen LogP contribution in [0.3, 0.4) is 0 Å². The molecule has 2 heterocycles. The summed E-state index contributed by atoms with van der Waals surface area (Å²) in [5.74, 6) is 1.25. The van der Waals surface area contributed by atoms with Crippen molar-refractivity contribution in [3.63, 3.8) is 0 Å². The summed E-state index contributed by atoms with van der Waals surface area (Å²) in [6.07, 6.45) is 1.46. The van der Waals surface area contributed by atoms with Gasteiger partial charge in [-0.25, -0.2) is 4.98 Å². The number of nitrogens with zero attached hydrogens (tertiary/aromatic N) is 3. The lowest BCUT2D eigenvalue weighted by Crippen LogP contribution is -2.40. The van der Waals surface area contributed by atoms with Gasteiger partial charge in [0.05, 0.1) is 26.9 Å². The highest BCUT2D eigenvalue weighted by Crippen LogP contribution is 2.17. The lowest BCUT2D eigenvalue weighted by molar-refractivity contribution is 0.0299. The van der Waals surface area contributed by atoms with Crippen LogP contribution in [0, 0.1) is 0 Å². The normalized spacial score (nSPS) is 14.1. The minimum atomic E-state index is -0.108. The first-order valence-electron chi connectivity index (χ1n) is 10.4. The van der Waals surface area contributed by atoms with Gasteiger partial charge in [0.1, 0.15) is 12.0 Å². The van der Waals surface area contributed by atoms with Crippen LogP contribution in [0.4, 0.5) is 0 Å². The van der Waals surface area contributed by atoms with Gasteiger partial charge >= 0.3 is 0 Å². The van der Waals surface area contributed by atoms with Gasteiger partial charge in [0.15, 0.2) is 5.69 Å². The molecular weight excluding hydrogens is 394 g/mol. The number of hydrogen-bond donors (Lipinski definition) is 0. The largest absolute Gasteiger partial charge is 0.497 e. The molecule has 7 nitrogen and oxygen atoms in total. The van der Waals surface area contributed by atoms with Crippen LogP contribution in [0.15, 0.2) is 65.3 Å². The molecule has 2 aromatic carbocycles. The van der Waals surface area contributed by atoms with Gasteiger partial charge in [-0.2, -0.15) is 0 Å². The fourth-order valence-corrected chi connectivity index (χ4v) is 3.60. The van der Waals surface area contributed by atoms with Gasteiger partial charge in [-0.1, -0.05) is 42.5 Å². The topological polar surface area (TPSA) is 68.0 Å². The molecule has 1 aliphatic rings.